The molecule has 1 amide bonds. The van der Waals surface area contributed by atoms with E-state index in [1.807, 2.05) is 45.0 Å². The van der Waals surface area contributed by atoms with Gasteiger partial charge in [-0.15, -0.1) is 0 Å². The van der Waals surface area contributed by atoms with Gasteiger partial charge in [-0.2, -0.15) is 0 Å². The second-order valence-corrected chi connectivity index (χ2v) is 6.17. The second-order valence-electron chi connectivity index (χ2n) is 5.25. The summed E-state index contributed by atoms with van der Waals surface area (Å²) in [7, 11) is 0. The van der Waals surface area contributed by atoms with Crippen LogP contribution in [0.1, 0.15) is 26.3 Å². The topological polar surface area (TPSA) is 57.6 Å². The molecule has 0 aromatic heterocycles. The zero-order chi connectivity index (χ0) is 15.3. The molecular weight excluding hydrogens is 322 g/mol. The third-order valence-corrected chi connectivity index (χ3v) is 3.78. The van der Waals surface area contributed by atoms with Crippen molar-refractivity contribution in [2.24, 2.45) is 11.8 Å². The molecule has 0 heterocycles. The number of carboxylic acid groups (broad SMARTS) is 1. The fourth-order valence-corrected chi connectivity index (χ4v) is 2.25. The molecule has 110 valence electrons. The van der Waals surface area contributed by atoms with Gasteiger partial charge in [0.15, 0.2) is 0 Å². The summed E-state index contributed by atoms with van der Waals surface area (Å²) in [5, 5.41) is 8.98. The molecule has 0 aliphatic rings. The average molecular weight is 342 g/mol. The first kappa shape index (κ1) is 16.7. The van der Waals surface area contributed by atoms with Gasteiger partial charge >= 0.3 is 5.97 Å². The largest absolute Gasteiger partial charge is 0.480 e. The van der Waals surface area contributed by atoms with E-state index in [1.165, 1.54) is 4.90 Å². The minimum absolute atomic E-state index is 0.123. The summed E-state index contributed by atoms with van der Waals surface area (Å²) in [5.74, 6) is -1.13. The van der Waals surface area contributed by atoms with E-state index in [9.17, 15) is 9.59 Å². The Hall–Kier alpha value is -1.36. The van der Waals surface area contributed by atoms with Gasteiger partial charge in [-0.05, 0) is 23.6 Å². The van der Waals surface area contributed by atoms with E-state index in [4.69, 9.17) is 5.11 Å². The first-order valence-electron chi connectivity index (χ1n) is 6.56. The minimum atomic E-state index is -0.996. The lowest BCUT2D eigenvalue weighted by Gasteiger charge is -2.26. The summed E-state index contributed by atoms with van der Waals surface area (Å²) in [4.78, 5) is 24.7. The maximum absolute atomic E-state index is 12.4. The van der Waals surface area contributed by atoms with Crippen molar-refractivity contribution in [3.05, 3.63) is 34.3 Å². The maximum atomic E-state index is 12.4. The SMILES string of the molecule is CC(C)C(C)C(=O)N(CC(=O)O)Cc1cccc(Br)c1. The molecule has 1 rings (SSSR count). The van der Waals surface area contributed by atoms with E-state index >= 15 is 0 Å². The molecule has 0 fully saturated rings. The monoisotopic (exact) mass is 341 g/mol. The zero-order valence-corrected chi connectivity index (χ0v) is 13.6. The summed E-state index contributed by atoms with van der Waals surface area (Å²) in [5.41, 5.74) is 0.907. The fraction of sp³-hybridized carbons (Fsp3) is 0.467. The van der Waals surface area contributed by atoms with Gasteiger partial charge in [-0.3, -0.25) is 9.59 Å². The molecule has 20 heavy (non-hydrogen) atoms. The van der Waals surface area contributed by atoms with Crippen LogP contribution in [0.4, 0.5) is 0 Å². The van der Waals surface area contributed by atoms with Crippen molar-refractivity contribution in [3.63, 3.8) is 0 Å². The Morgan fingerprint density at radius 3 is 2.45 bits per heavy atom. The minimum Gasteiger partial charge on any atom is -0.480 e. The van der Waals surface area contributed by atoms with E-state index in [0.717, 1.165) is 10.0 Å². The number of carbonyl (C=O) groups is 2. The molecular formula is C15H20BrNO3. The van der Waals surface area contributed by atoms with Crippen LogP contribution >= 0.6 is 15.9 Å². The smallest absolute Gasteiger partial charge is 0.323 e. The van der Waals surface area contributed by atoms with Crippen molar-refractivity contribution >= 4 is 27.8 Å². The van der Waals surface area contributed by atoms with Gasteiger partial charge < -0.3 is 10.0 Å². The van der Waals surface area contributed by atoms with E-state index in [-0.39, 0.29) is 24.3 Å². The van der Waals surface area contributed by atoms with Gasteiger partial charge in [0, 0.05) is 16.9 Å². The summed E-state index contributed by atoms with van der Waals surface area (Å²) in [6.45, 7) is 5.79. The lowest BCUT2D eigenvalue weighted by molar-refractivity contribution is -0.147. The van der Waals surface area contributed by atoms with Gasteiger partial charge in [0.1, 0.15) is 6.54 Å². The van der Waals surface area contributed by atoms with Crippen molar-refractivity contribution in [3.8, 4) is 0 Å². The van der Waals surface area contributed by atoms with Crippen LogP contribution in [-0.4, -0.2) is 28.4 Å². The van der Waals surface area contributed by atoms with E-state index in [2.05, 4.69) is 15.9 Å². The Bertz CT molecular complexity index is 488. The third-order valence-electron chi connectivity index (χ3n) is 3.29. The van der Waals surface area contributed by atoms with Crippen LogP contribution in [0.25, 0.3) is 0 Å². The normalized spacial score (nSPS) is 12.2. The Morgan fingerprint density at radius 2 is 1.95 bits per heavy atom. The summed E-state index contributed by atoms with van der Waals surface area (Å²) in [6, 6.07) is 7.54. The van der Waals surface area contributed by atoms with Gasteiger partial charge in [-0.1, -0.05) is 48.8 Å². The number of carbonyl (C=O) groups excluding carboxylic acids is 1. The van der Waals surface area contributed by atoms with Crippen molar-refractivity contribution in [2.45, 2.75) is 27.3 Å². The van der Waals surface area contributed by atoms with Crippen molar-refractivity contribution in [1.82, 2.24) is 4.90 Å². The van der Waals surface area contributed by atoms with Gasteiger partial charge in [0.25, 0.3) is 0 Å². The lowest BCUT2D eigenvalue weighted by atomic mass is 9.96. The van der Waals surface area contributed by atoms with Crippen molar-refractivity contribution in [2.75, 3.05) is 6.54 Å². The number of amides is 1. The second kappa shape index (κ2) is 7.43. The summed E-state index contributed by atoms with van der Waals surface area (Å²) in [6.07, 6.45) is 0. The Labute approximate surface area is 127 Å². The highest BCUT2D eigenvalue weighted by Crippen LogP contribution is 2.17. The van der Waals surface area contributed by atoms with Crippen LogP contribution in [0, 0.1) is 11.8 Å². The average Bonchev–Trinajstić information content (AvgIpc) is 2.35. The van der Waals surface area contributed by atoms with E-state index in [0.29, 0.717) is 6.54 Å². The van der Waals surface area contributed by atoms with Crippen LogP contribution in [0.3, 0.4) is 0 Å². The molecule has 0 saturated heterocycles. The molecule has 0 aliphatic heterocycles. The molecule has 0 radical (unpaired) electrons. The van der Waals surface area contributed by atoms with Crippen LogP contribution < -0.4 is 0 Å². The Kier molecular flexibility index (Phi) is 6.20. The predicted molar refractivity (Wildman–Crippen MR) is 81.2 cm³/mol. The van der Waals surface area contributed by atoms with Gasteiger partial charge in [0.05, 0.1) is 0 Å². The van der Waals surface area contributed by atoms with Crippen LogP contribution in [0.2, 0.25) is 0 Å². The lowest BCUT2D eigenvalue weighted by Crippen LogP contribution is -2.39. The third kappa shape index (κ3) is 4.96. The first-order valence-corrected chi connectivity index (χ1v) is 7.35. The van der Waals surface area contributed by atoms with Gasteiger partial charge in [-0.25, -0.2) is 0 Å². The van der Waals surface area contributed by atoms with Gasteiger partial charge in [0.2, 0.25) is 5.91 Å². The highest BCUT2D eigenvalue weighted by molar-refractivity contribution is 9.10. The van der Waals surface area contributed by atoms with Crippen LogP contribution in [-0.2, 0) is 16.1 Å². The molecule has 1 unspecified atom stereocenters. The summed E-state index contributed by atoms with van der Waals surface area (Å²) >= 11 is 3.37. The summed E-state index contributed by atoms with van der Waals surface area (Å²) < 4.78 is 0.912. The van der Waals surface area contributed by atoms with E-state index < -0.39 is 5.97 Å². The molecule has 1 aromatic carbocycles. The number of benzene rings is 1. The molecule has 5 heteroatoms. The molecule has 0 spiro atoms. The molecule has 1 atom stereocenters. The molecule has 1 N–H and O–H groups in total. The number of carboxylic acids is 1. The fourth-order valence-electron chi connectivity index (χ4n) is 1.80. The molecule has 0 bridgehead atoms. The number of rotatable bonds is 6. The van der Waals surface area contributed by atoms with Crippen LogP contribution in [0.5, 0.6) is 0 Å². The first-order chi connectivity index (χ1) is 9.31. The molecule has 0 saturated carbocycles. The number of nitrogens with zero attached hydrogens (tertiary/aromatic N) is 1. The quantitative estimate of drug-likeness (QED) is 0.864. The molecule has 1 aromatic rings. The number of hydrogen-bond acceptors (Lipinski definition) is 2. The highest BCUT2D eigenvalue weighted by Gasteiger charge is 2.24. The predicted octanol–water partition coefficient (Wildman–Crippen LogP) is 3.15. The van der Waals surface area contributed by atoms with Crippen LogP contribution in [0.15, 0.2) is 28.7 Å². The Balaban J connectivity index is 2.89. The highest BCUT2D eigenvalue weighted by atomic mass is 79.9. The number of hydrogen-bond donors (Lipinski definition) is 1. The number of halogens is 1. The van der Waals surface area contributed by atoms with Crippen molar-refractivity contribution in [1.29, 1.82) is 0 Å². The molecule has 0 aliphatic carbocycles. The Morgan fingerprint density at radius 1 is 1.30 bits per heavy atom. The molecule has 4 nitrogen and oxygen atoms in total. The maximum Gasteiger partial charge on any atom is 0.323 e. The zero-order valence-electron chi connectivity index (χ0n) is 12.0. The standard InChI is InChI=1S/C15H20BrNO3/c1-10(2)11(3)15(20)17(9-14(18)19)8-12-5-4-6-13(16)7-12/h4-7,10-11H,8-9H2,1-3H3,(H,18,19). The van der Waals surface area contributed by atoms with Crippen molar-refractivity contribution < 1.29 is 14.7 Å². The number of aliphatic carboxylic acids is 1. The van der Waals surface area contributed by atoms with E-state index in [1.54, 1.807) is 0 Å².